The molecule has 0 amide bonds. The third-order valence-electron chi connectivity index (χ3n) is 2.66. The monoisotopic (exact) mass is 285 g/mol. The molecule has 2 N–H and O–H groups in total. The minimum Gasteiger partial charge on any atom is -0.316 e. The van der Waals surface area contributed by atoms with E-state index in [4.69, 9.17) is 0 Å². The first kappa shape index (κ1) is 13.4. The zero-order valence-corrected chi connectivity index (χ0v) is 11.8. The van der Waals surface area contributed by atoms with E-state index < -0.39 is 10.0 Å². The highest BCUT2D eigenvalue weighted by Gasteiger charge is 2.16. The summed E-state index contributed by atoms with van der Waals surface area (Å²) in [7, 11) is -1.69. The van der Waals surface area contributed by atoms with Crippen molar-refractivity contribution in [2.45, 2.75) is 17.9 Å². The highest BCUT2D eigenvalue weighted by molar-refractivity contribution is 7.89. The van der Waals surface area contributed by atoms with Crippen LogP contribution in [0.1, 0.15) is 6.92 Å². The second-order valence-electron chi connectivity index (χ2n) is 4.02. The van der Waals surface area contributed by atoms with Gasteiger partial charge in [-0.1, -0.05) is 0 Å². The van der Waals surface area contributed by atoms with Crippen molar-refractivity contribution in [3.05, 3.63) is 23.7 Å². The number of fused-ring (bicyclic) bond motifs is 1. The fourth-order valence-electron chi connectivity index (χ4n) is 1.40. The molecule has 2 aromatic rings. The Morgan fingerprint density at radius 3 is 3.00 bits per heavy atom. The first-order valence-corrected chi connectivity index (χ1v) is 7.89. The van der Waals surface area contributed by atoms with Gasteiger partial charge in [0.2, 0.25) is 10.0 Å². The minimum atomic E-state index is -3.48. The zero-order valence-electron chi connectivity index (χ0n) is 10.2. The smallest absolute Gasteiger partial charge is 0.242 e. The maximum atomic E-state index is 12.0. The number of thiophene rings is 1. The van der Waals surface area contributed by atoms with Crippen molar-refractivity contribution in [3.8, 4) is 0 Å². The van der Waals surface area contributed by atoms with Crippen molar-refractivity contribution in [3.63, 3.8) is 0 Å². The normalized spacial score (nSPS) is 13.9. The molecule has 2 rings (SSSR count). The molecule has 0 aliphatic rings. The Kier molecular flexibility index (Phi) is 3.96. The second kappa shape index (κ2) is 5.31. The fraction of sp³-hybridized carbons (Fsp3) is 0.364. The van der Waals surface area contributed by atoms with Crippen molar-refractivity contribution in [1.29, 1.82) is 0 Å². The maximum Gasteiger partial charge on any atom is 0.242 e. The average Bonchev–Trinajstić information content (AvgIpc) is 2.83. The lowest BCUT2D eigenvalue weighted by Crippen LogP contribution is -2.37. The molecular formula is C11H15N3O2S2. The van der Waals surface area contributed by atoms with Gasteiger partial charge in [0.15, 0.2) is 0 Å². The molecule has 0 saturated heterocycles. The van der Waals surface area contributed by atoms with E-state index in [0.717, 1.165) is 10.2 Å². The highest BCUT2D eigenvalue weighted by Crippen LogP contribution is 2.21. The van der Waals surface area contributed by atoms with E-state index in [1.54, 1.807) is 13.1 Å². The zero-order chi connectivity index (χ0) is 13.2. The lowest BCUT2D eigenvalue weighted by Gasteiger charge is -2.11. The Bertz CT molecular complexity index is 637. The lowest BCUT2D eigenvalue weighted by atomic mass is 10.4. The number of rotatable bonds is 5. The van der Waals surface area contributed by atoms with Crippen molar-refractivity contribution in [2.75, 3.05) is 13.6 Å². The molecule has 0 aromatic carbocycles. The summed E-state index contributed by atoms with van der Waals surface area (Å²) in [6.45, 7) is 2.25. The number of hydrogen-bond donors (Lipinski definition) is 2. The van der Waals surface area contributed by atoms with E-state index in [2.05, 4.69) is 15.0 Å². The molecule has 0 spiro atoms. The van der Waals surface area contributed by atoms with Crippen LogP contribution in [0.3, 0.4) is 0 Å². The van der Waals surface area contributed by atoms with Gasteiger partial charge in [-0.15, -0.1) is 11.3 Å². The molecule has 2 heterocycles. The van der Waals surface area contributed by atoms with Crippen molar-refractivity contribution < 1.29 is 8.42 Å². The van der Waals surface area contributed by atoms with Crippen LogP contribution in [0, 0.1) is 0 Å². The van der Waals surface area contributed by atoms with Crippen LogP contribution in [0.15, 0.2) is 28.6 Å². The van der Waals surface area contributed by atoms with Gasteiger partial charge in [0.05, 0.1) is 10.2 Å². The van der Waals surface area contributed by atoms with E-state index in [9.17, 15) is 8.42 Å². The minimum absolute atomic E-state index is 0.0817. The van der Waals surface area contributed by atoms with Gasteiger partial charge in [-0.3, -0.25) is 4.98 Å². The summed E-state index contributed by atoms with van der Waals surface area (Å²) in [6, 6.07) is 3.60. The van der Waals surface area contributed by atoms with Gasteiger partial charge in [0, 0.05) is 18.8 Å². The first-order valence-electron chi connectivity index (χ1n) is 5.53. The van der Waals surface area contributed by atoms with Gasteiger partial charge in [-0.25, -0.2) is 13.1 Å². The molecule has 98 valence electrons. The summed E-state index contributed by atoms with van der Waals surface area (Å²) < 4.78 is 27.5. The predicted molar refractivity (Wildman–Crippen MR) is 73.3 cm³/mol. The standard InChI is InChI=1S/C11H15N3O2S2/c1-8(12-2)6-14-18(15,16)9-5-11-10(13-7-9)3-4-17-11/h3-5,7-8,12,14H,6H2,1-2H3. The molecule has 7 heteroatoms. The Morgan fingerprint density at radius 1 is 1.50 bits per heavy atom. The summed E-state index contributed by atoms with van der Waals surface area (Å²) in [5.74, 6) is 0. The largest absolute Gasteiger partial charge is 0.316 e. The summed E-state index contributed by atoms with van der Waals surface area (Å²) in [5, 5.41) is 4.87. The van der Waals surface area contributed by atoms with Gasteiger partial charge in [-0.2, -0.15) is 0 Å². The third-order valence-corrected chi connectivity index (χ3v) is 4.90. The van der Waals surface area contributed by atoms with Crippen LogP contribution in [0.25, 0.3) is 10.2 Å². The lowest BCUT2D eigenvalue weighted by molar-refractivity contribution is 0.554. The van der Waals surface area contributed by atoms with Crippen molar-refractivity contribution in [2.24, 2.45) is 0 Å². The maximum absolute atomic E-state index is 12.0. The summed E-state index contributed by atoms with van der Waals surface area (Å²) in [5.41, 5.74) is 0.822. The van der Waals surface area contributed by atoms with Crippen molar-refractivity contribution >= 4 is 31.6 Å². The Balaban J connectivity index is 2.23. The number of nitrogens with zero attached hydrogens (tertiary/aromatic N) is 1. The summed E-state index contributed by atoms with van der Waals surface area (Å²) in [6.07, 6.45) is 1.39. The molecule has 0 bridgehead atoms. The van der Waals surface area contributed by atoms with Crippen LogP contribution < -0.4 is 10.0 Å². The third kappa shape index (κ3) is 2.86. The number of nitrogens with one attached hydrogen (secondary N) is 2. The van der Waals surface area contributed by atoms with E-state index in [1.165, 1.54) is 17.5 Å². The van der Waals surface area contributed by atoms with Crippen LogP contribution in [0.4, 0.5) is 0 Å². The molecule has 5 nitrogen and oxygen atoms in total. The fourth-order valence-corrected chi connectivity index (χ4v) is 3.35. The van der Waals surface area contributed by atoms with E-state index >= 15 is 0 Å². The first-order chi connectivity index (χ1) is 8.53. The van der Waals surface area contributed by atoms with Crippen LogP contribution in [0.2, 0.25) is 0 Å². The summed E-state index contributed by atoms with van der Waals surface area (Å²) in [4.78, 5) is 4.34. The van der Waals surface area contributed by atoms with Gasteiger partial charge >= 0.3 is 0 Å². The molecule has 18 heavy (non-hydrogen) atoms. The Hall–Kier alpha value is -1.02. The Morgan fingerprint density at radius 2 is 2.28 bits per heavy atom. The molecule has 0 saturated carbocycles. The van der Waals surface area contributed by atoms with Gasteiger partial charge in [0.25, 0.3) is 0 Å². The second-order valence-corrected chi connectivity index (χ2v) is 6.73. The molecule has 0 aliphatic carbocycles. The van der Waals surface area contributed by atoms with Gasteiger partial charge in [-0.05, 0) is 31.5 Å². The van der Waals surface area contributed by atoms with Crippen molar-refractivity contribution in [1.82, 2.24) is 15.0 Å². The predicted octanol–water partition coefficient (Wildman–Crippen LogP) is 1.18. The quantitative estimate of drug-likeness (QED) is 0.865. The molecule has 0 aliphatic heterocycles. The molecule has 2 aromatic heterocycles. The molecular weight excluding hydrogens is 270 g/mol. The molecule has 0 fully saturated rings. The van der Waals surface area contributed by atoms with Crippen LogP contribution in [-0.4, -0.2) is 33.0 Å². The number of sulfonamides is 1. The van der Waals surface area contributed by atoms with Gasteiger partial charge in [0.1, 0.15) is 4.90 Å². The van der Waals surface area contributed by atoms with Crippen LogP contribution in [0.5, 0.6) is 0 Å². The number of aromatic nitrogens is 1. The molecule has 0 radical (unpaired) electrons. The highest BCUT2D eigenvalue weighted by atomic mass is 32.2. The van der Waals surface area contributed by atoms with E-state index in [-0.39, 0.29) is 10.9 Å². The van der Waals surface area contributed by atoms with Crippen LogP contribution >= 0.6 is 11.3 Å². The topological polar surface area (TPSA) is 71.1 Å². The van der Waals surface area contributed by atoms with E-state index in [1.807, 2.05) is 18.4 Å². The molecule has 1 unspecified atom stereocenters. The number of pyridine rings is 1. The number of hydrogen-bond acceptors (Lipinski definition) is 5. The van der Waals surface area contributed by atoms with E-state index in [0.29, 0.717) is 6.54 Å². The van der Waals surface area contributed by atoms with Crippen LogP contribution in [-0.2, 0) is 10.0 Å². The SMILES string of the molecule is CNC(C)CNS(=O)(=O)c1cnc2ccsc2c1. The summed E-state index contributed by atoms with van der Waals surface area (Å²) >= 11 is 1.48. The molecule has 1 atom stereocenters. The average molecular weight is 285 g/mol. The Labute approximate surface area is 110 Å². The number of likely N-dealkylation sites (N-methyl/N-ethyl adjacent to an activating group) is 1. The van der Waals surface area contributed by atoms with Gasteiger partial charge < -0.3 is 5.32 Å².